The van der Waals surface area contributed by atoms with Crippen LogP contribution in [0.1, 0.15) is 239 Å². The summed E-state index contributed by atoms with van der Waals surface area (Å²) < 4.78 is 16.7. The highest BCUT2D eigenvalue weighted by molar-refractivity contribution is 5.71. The number of ether oxygens (including phenoxy) is 3. The van der Waals surface area contributed by atoms with Crippen LogP contribution in [0.3, 0.4) is 0 Å². The highest BCUT2D eigenvalue weighted by atomic mass is 16.6. The highest BCUT2D eigenvalue weighted by Gasteiger charge is 2.19. The van der Waals surface area contributed by atoms with Gasteiger partial charge in [-0.1, -0.05) is 215 Å². The molecule has 0 aliphatic rings. The predicted molar refractivity (Wildman–Crippen MR) is 270 cm³/mol. The first-order valence-electron chi connectivity index (χ1n) is 26.1. The Hall–Kier alpha value is -3.41. The Balaban J connectivity index is 4.41. The molecule has 6 nitrogen and oxygen atoms in total. The van der Waals surface area contributed by atoms with Crippen LogP contribution in [-0.2, 0) is 28.6 Å². The van der Waals surface area contributed by atoms with Gasteiger partial charge in [-0.25, -0.2) is 0 Å². The zero-order chi connectivity index (χ0) is 45.8. The third-order valence-corrected chi connectivity index (χ3v) is 10.9. The lowest BCUT2D eigenvalue weighted by Gasteiger charge is -2.18. The molecule has 360 valence electrons. The molecule has 0 aromatic rings. The Morgan fingerprint density at radius 3 is 1.05 bits per heavy atom. The first kappa shape index (κ1) is 59.6. The van der Waals surface area contributed by atoms with Gasteiger partial charge >= 0.3 is 17.9 Å². The average Bonchev–Trinajstić information content (AvgIpc) is 3.28. The fraction of sp³-hybridized carbons (Fsp3) is 0.702. The number of unbranched alkanes of at least 4 members (excludes halogenated alkanes) is 21. The first-order valence-corrected chi connectivity index (χ1v) is 26.1. The normalized spacial score (nSPS) is 12.7. The van der Waals surface area contributed by atoms with Crippen molar-refractivity contribution in [2.75, 3.05) is 13.2 Å². The molecule has 0 fully saturated rings. The molecule has 0 amide bonds. The van der Waals surface area contributed by atoms with Crippen molar-refractivity contribution in [1.82, 2.24) is 0 Å². The summed E-state index contributed by atoms with van der Waals surface area (Å²) in [6, 6.07) is 0. The standard InChI is InChI=1S/C57H96O6/c1-4-7-10-13-16-19-21-23-25-27-28-30-31-33-35-38-41-44-47-50-56(59)62-53-54(52-61-55(58)49-46-43-40-37-18-15-12-9-6-3)63-57(60)51-48-45-42-39-36-34-32-29-26-24-22-20-17-14-11-8-5-2/h7,10,16-17,19-20,23-26,32,34,39,42,54H,4-6,8-9,11-15,18,21-22,27-31,33,35-38,40-41,43-53H2,1-3H3/b10-7-,19-16-,20-17-,25-23-,26-24-,34-32-,42-39-. The molecule has 0 saturated heterocycles. The lowest BCUT2D eigenvalue weighted by Crippen LogP contribution is -2.30. The number of carbonyl (C=O) groups is 3. The largest absolute Gasteiger partial charge is 0.462 e. The Morgan fingerprint density at radius 2 is 0.635 bits per heavy atom. The number of carbonyl (C=O) groups excluding carboxylic acids is 3. The molecule has 0 aromatic heterocycles. The molecule has 0 aliphatic carbocycles. The Kier molecular flexibility index (Phi) is 48.5. The van der Waals surface area contributed by atoms with Crippen molar-refractivity contribution in [3.05, 3.63) is 85.1 Å². The first-order chi connectivity index (χ1) is 31.0. The summed E-state index contributed by atoms with van der Waals surface area (Å²) in [5.41, 5.74) is 0. The summed E-state index contributed by atoms with van der Waals surface area (Å²) in [5.74, 6) is -0.964. The molecule has 0 bridgehead atoms. The molecule has 0 aromatic carbocycles. The zero-order valence-corrected chi connectivity index (χ0v) is 41.1. The van der Waals surface area contributed by atoms with Crippen LogP contribution in [0.2, 0.25) is 0 Å². The molecule has 1 atom stereocenters. The topological polar surface area (TPSA) is 78.9 Å². The number of hydrogen-bond donors (Lipinski definition) is 0. The molecule has 0 radical (unpaired) electrons. The van der Waals surface area contributed by atoms with Crippen LogP contribution < -0.4 is 0 Å². The molecule has 6 heteroatoms. The molecule has 0 aliphatic heterocycles. The van der Waals surface area contributed by atoms with Gasteiger partial charge in [0.1, 0.15) is 13.2 Å². The van der Waals surface area contributed by atoms with Crippen molar-refractivity contribution in [2.45, 2.75) is 245 Å². The third-order valence-electron chi connectivity index (χ3n) is 10.9. The van der Waals surface area contributed by atoms with E-state index in [1.165, 1.54) is 109 Å². The summed E-state index contributed by atoms with van der Waals surface area (Å²) in [7, 11) is 0. The minimum atomic E-state index is -0.804. The molecular formula is C57H96O6. The van der Waals surface area contributed by atoms with E-state index in [0.29, 0.717) is 19.3 Å². The molecule has 0 saturated carbocycles. The van der Waals surface area contributed by atoms with Gasteiger partial charge in [-0.05, 0) is 89.9 Å². The van der Waals surface area contributed by atoms with Crippen molar-refractivity contribution in [3.8, 4) is 0 Å². The fourth-order valence-corrected chi connectivity index (χ4v) is 6.98. The second kappa shape index (κ2) is 51.2. The van der Waals surface area contributed by atoms with E-state index >= 15 is 0 Å². The van der Waals surface area contributed by atoms with Crippen molar-refractivity contribution >= 4 is 17.9 Å². The maximum Gasteiger partial charge on any atom is 0.306 e. The van der Waals surface area contributed by atoms with Gasteiger partial charge in [0, 0.05) is 19.3 Å². The smallest absolute Gasteiger partial charge is 0.306 e. The summed E-state index contributed by atoms with van der Waals surface area (Å²) >= 11 is 0. The lowest BCUT2D eigenvalue weighted by molar-refractivity contribution is -0.167. The van der Waals surface area contributed by atoms with E-state index in [4.69, 9.17) is 14.2 Å². The van der Waals surface area contributed by atoms with Crippen LogP contribution in [-0.4, -0.2) is 37.2 Å². The van der Waals surface area contributed by atoms with Crippen LogP contribution in [0.4, 0.5) is 0 Å². The monoisotopic (exact) mass is 877 g/mol. The van der Waals surface area contributed by atoms with E-state index in [-0.39, 0.29) is 37.5 Å². The highest BCUT2D eigenvalue weighted by Crippen LogP contribution is 2.14. The van der Waals surface area contributed by atoms with E-state index in [1.807, 2.05) is 0 Å². The molecule has 0 spiro atoms. The van der Waals surface area contributed by atoms with Crippen LogP contribution in [0.5, 0.6) is 0 Å². The van der Waals surface area contributed by atoms with Gasteiger partial charge in [-0.3, -0.25) is 14.4 Å². The Morgan fingerprint density at radius 1 is 0.333 bits per heavy atom. The number of rotatable bonds is 46. The SMILES string of the molecule is CC/C=C\C/C=C\C/C=C\CCCCCCCCCCCC(=O)OCC(COC(=O)CCCCCCCCCCC)OC(=O)CCC/C=C\C/C=C\C/C=C\C/C=C\CCCCC. The average molecular weight is 877 g/mol. The summed E-state index contributed by atoms with van der Waals surface area (Å²) in [6.45, 7) is 6.43. The maximum atomic E-state index is 12.8. The van der Waals surface area contributed by atoms with Gasteiger partial charge < -0.3 is 14.2 Å². The Labute approximate surface area is 388 Å². The summed E-state index contributed by atoms with van der Waals surface area (Å²) in [6.07, 6.45) is 65.8. The fourth-order valence-electron chi connectivity index (χ4n) is 6.98. The number of hydrogen-bond acceptors (Lipinski definition) is 6. The molecule has 63 heavy (non-hydrogen) atoms. The van der Waals surface area contributed by atoms with E-state index in [2.05, 4.69) is 106 Å². The third kappa shape index (κ3) is 49.5. The van der Waals surface area contributed by atoms with Crippen molar-refractivity contribution in [2.24, 2.45) is 0 Å². The van der Waals surface area contributed by atoms with Crippen molar-refractivity contribution in [1.29, 1.82) is 0 Å². The van der Waals surface area contributed by atoms with Crippen LogP contribution >= 0.6 is 0 Å². The van der Waals surface area contributed by atoms with Gasteiger partial charge in [0.2, 0.25) is 0 Å². The van der Waals surface area contributed by atoms with E-state index in [9.17, 15) is 14.4 Å². The van der Waals surface area contributed by atoms with Crippen molar-refractivity contribution < 1.29 is 28.6 Å². The maximum absolute atomic E-state index is 12.8. The second-order valence-corrected chi connectivity index (χ2v) is 17.1. The van der Waals surface area contributed by atoms with E-state index in [0.717, 1.165) is 83.5 Å². The molecule has 0 N–H and O–H groups in total. The predicted octanol–water partition coefficient (Wildman–Crippen LogP) is 17.2. The second-order valence-electron chi connectivity index (χ2n) is 17.1. The van der Waals surface area contributed by atoms with E-state index < -0.39 is 6.10 Å². The van der Waals surface area contributed by atoms with Gasteiger partial charge in [-0.2, -0.15) is 0 Å². The number of allylic oxidation sites excluding steroid dienone is 14. The Bertz CT molecular complexity index is 1240. The summed E-state index contributed by atoms with van der Waals surface area (Å²) in [4.78, 5) is 37.9. The zero-order valence-electron chi connectivity index (χ0n) is 41.1. The molecule has 0 heterocycles. The quantitative estimate of drug-likeness (QED) is 0.0262. The summed E-state index contributed by atoms with van der Waals surface area (Å²) in [5, 5.41) is 0. The van der Waals surface area contributed by atoms with E-state index in [1.54, 1.807) is 0 Å². The molecule has 0 rings (SSSR count). The molecule has 1 unspecified atom stereocenters. The van der Waals surface area contributed by atoms with Crippen LogP contribution in [0, 0.1) is 0 Å². The van der Waals surface area contributed by atoms with Gasteiger partial charge in [-0.15, -0.1) is 0 Å². The van der Waals surface area contributed by atoms with Crippen LogP contribution in [0.25, 0.3) is 0 Å². The van der Waals surface area contributed by atoms with Gasteiger partial charge in [0.25, 0.3) is 0 Å². The van der Waals surface area contributed by atoms with Gasteiger partial charge in [0.05, 0.1) is 0 Å². The van der Waals surface area contributed by atoms with Crippen molar-refractivity contribution in [3.63, 3.8) is 0 Å². The number of esters is 3. The lowest BCUT2D eigenvalue weighted by atomic mass is 10.1. The minimum absolute atomic E-state index is 0.0990. The molecular weight excluding hydrogens is 781 g/mol. The minimum Gasteiger partial charge on any atom is -0.462 e. The van der Waals surface area contributed by atoms with Gasteiger partial charge in [0.15, 0.2) is 6.10 Å². The van der Waals surface area contributed by atoms with Crippen LogP contribution in [0.15, 0.2) is 85.1 Å².